The number of rotatable bonds is 6. The maximum absolute atomic E-state index is 12.8. The van der Waals surface area contributed by atoms with Gasteiger partial charge < -0.3 is 20.0 Å². The summed E-state index contributed by atoms with van der Waals surface area (Å²) in [4.78, 5) is 26.2. The molecule has 3 heterocycles. The lowest BCUT2D eigenvalue weighted by atomic mass is 9.92. The number of aromatic nitrogens is 2. The van der Waals surface area contributed by atoms with Crippen LogP contribution in [0.4, 0.5) is 0 Å². The van der Waals surface area contributed by atoms with Crippen molar-refractivity contribution in [2.45, 2.75) is 26.3 Å². The van der Waals surface area contributed by atoms with Gasteiger partial charge in [0.25, 0.3) is 0 Å². The molecule has 1 aromatic heterocycles. The number of piperidine rings is 1. The molecule has 180 valence electrons. The summed E-state index contributed by atoms with van der Waals surface area (Å²) in [5.74, 6) is 2.41. The van der Waals surface area contributed by atoms with Crippen LogP contribution in [0.3, 0.4) is 0 Å². The molecule has 3 rings (SSSR count). The minimum Gasteiger partial charge on any atom is -0.354 e. The normalized spacial score (nSPS) is 24.2. The smallest absolute Gasteiger partial charge is 0.236 e. The van der Waals surface area contributed by atoms with Crippen molar-refractivity contribution in [1.82, 2.24) is 34.7 Å². The molecule has 1 N–H and O–H groups in total. The Morgan fingerprint density at radius 2 is 1.84 bits per heavy atom. The van der Waals surface area contributed by atoms with Crippen LogP contribution in [0.5, 0.6) is 0 Å². The highest BCUT2D eigenvalue weighted by atomic mass is 16.2. The van der Waals surface area contributed by atoms with E-state index in [1.807, 2.05) is 25.0 Å². The summed E-state index contributed by atoms with van der Waals surface area (Å²) < 4.78 is 1.84. The van der Waals surface area contributed by atoms with Crippen molar-refractivity contribution >= 4 is 11.9 Å². The SMILES string of the molecule is CN=C(NCC(c1cnn(C)c1)N(C)C)N1CCN(CC(=O)N2CC(C)CC(C)C2)CC1. The first-order valence-electron chi connectivity index (χ1n) is 11.9. The highest BCUT2D eigenvalue weighted by molar-refractivity contribution is 5.80. The molecule has 3 unspecified atom stereocenters. The largest absolute Gasteiger partial charge is 0.354 e. The van der Waals surface area contributed by atoms with E-state index in [1.165, 1.54) is 12.0 Å². The summed E-state index contributed by atoms with van der Waals surface area (Å²) in [7, 11) is 7.95. The zero-order chi connectivity index (χ0) is 23.3. The summed E-state index contributed by atoms with van der Waals surface area (Å²) in [5, 5.41) is 7.86. The van der Waals surface area contributed by atoms with Crippen LogP contribution in [0.1, 0.15) is 31.9 Å². The number of likely N-dealkylation sites (tertiary alicyclic amines) is 1. The Morgan fingerprint density at radius 1 is 1.19 bits per heavy atom. The third-order valence-electron chi connectivity index (χ3n) is 6.65. The van der Waals surface area contributed by atoms with Crippen LogP contribution in [-0.2, 0) is 11.8 Å². The Labute approximate surface area is 193 Å². The van der Waals surface area contributed by atoms with E-state index in [-0.39, 0.29) is 11.9 Å². The maximum atomic E-state index is 12.8. The van der Waals surface area contributed by atoms with Gasteiger partial charge >= 0.3 is 0 Å². The lowest BCUT2D eigenvalue weighted by molar-refractivity contribution is -0.135. The van der Waals surface area contributed by atoms with Crippen LogP contribution in [0.2, 0.25) is 0 Å². The Bertz CT molecular complexity index is 758. The van der Waals surface area contributed by atoms with Crippen LogP contribution in [0, 0.1) is 11.8 Å². The van der Waals surface area contributed by atoms with Crippen LogP contribution >= 0.6 is 0 Å². The first-order chi connectivity index (χ1) is 15.3. The molecule has 0 aliphatic carbocycles. The Morgan fingerprint density at radius 3 is 2.38 bits per heavy atom. The summed E-state index contributed by atoms with van der Waals surface area (Å²) in [5.41, 5.74) is 1.19. The van der Waals surface area contributed by atoms with E-state index in [1.54, 1.807) is 0 Å². The predicted octanol–water partition coefficient (Wildman–Crippen LogP) is 0.720. The second kappa shape index (κ2) is 11.1. The van der Waals surface area contributed by atoms with Crippen LogP contribution in [0.15, 0.2) is 17.4 Å². The van der Waals surface area contributed by atoms with Gasteiger partial charge in [-0.15, -0.1) is 0 Å². The molecule has 32 heavy (non-hydrogen) atoms. The van der Waals surface area contributed by atoms with E-state index in [0.717, 1.165) is 51.8 Å². The molecule has 0 bridgehead atoms. The average Bonchev–Trinajstić information content (AvgIpc) is 3.17. The number of aliphatic imine (C=N–C) groups is 1. The number of aryl methyl sites for hydroxylation is 1. The molecular weight excluding hydrogens is 404 g/mol. The molecule has 0 aromatic carbocycles. The van der Waals surface area contributed by atoms with E-state index >= 15 is 0 Å². The molecular formula is C23H42N8O. The molecule has 0 saturated carbocycles. The molecule has 3 atom stereocenters. The van der Waals surface area contributed by atoms with Crippen molar-refractivity contribution in [3.63, 3.8) is 0 Å². The number of nitrogens with zero attached hydrogens (tertiary/aromatic N) is 7. The summed E-state index contributed by atoms with van der Waals surface area (Å²) in [6.45, 7) is 11.1. The highest BCUT2D eigenvalue weighted by Gasteiger charge is 2.28. The first kappa shape index (κ1) is 24.5. The monoisotopic (exact) mass is 446 g/mol. The highest BCUT2D eigenvalue weighted by Crippen LogP contribution is 2.21. The Balaban J connectivity index is 1.47. The predicted molar refractivity (Wildman–Crippen MR) is 129 cm³/mol. The first-order valence-corrected chi connectivity index (χ1v) is 11.9. The molecule has 1 aromatic rings. The summed E-state index contributed by atoms with van der Waals surface area (Å²) >= 11 is 0. The fourth-order valence-corrected chi connectivity index (χ4v) is 5.01. The molecule has 9 heteroatoms. The van der Waals surface area contributed by atoms with Gasteiger partial charge in [0.05, 0.1) is 18.8 Å². The van der Waals surface area contributed by atoms with Crippen molar-refractivity contribution in [2.75, 3.05) is 73.5 Å². The molecule has 2 fully saturated rings. The minimum atomic E-state index is 0.216. The number of carbonyl (C=O) groups excluding carboxylic acids is 1. The molecule has 2 saturated heterocycles. The zero-order valence-corrected chi connectivity index (χ0v) is 20.8. The van der Waals surface area contributed by atoms with Gasteiger partial charge in [0.15, 0.2) is 5.96 Å². The van der Waals surface area contributed by atoms with Gasteiger partial charge in [-0.25, -0.2) is 0 Å². The standard InChI is InChI=1S/C23H42N8O/c1-18-11-19(2)15-31(14-18)22(32)17-29-7-9-30(10-8-29)23(24-3)25-13-21(27(4)5)20-12-26-28(6)16-20/h12,16,18-19,21H,7-11,13-15,17H2,1-6H3,(H,24,25). The van der Waals surface area contributed by atoms with Gasteiger partial charge in [0.1, 0.15) is 0 Å². The van der Waals surface area contributed by atoms with Crippen molar-refractivity contribution < 1.29 is 4.79 Å². The number of hydrogen-bond donors (Lipinski definition) is 1. The summed E-state index contributed by atoms with van der Waals surface area (Å²) in [6, 6.07) is 0.216. The maximum Gasteiger partial charge on any atom is 0.236 e. The zero-order valence-electron chi connectivity index (χ0n) is 20.8. The number of piperazine rings is 1. The van der Waals surface area contributed by atoms with E-state index < -0.39 is 0 Å². The number of hydrogen-bond acceptors (Lipinski definition) is 5. The number of guanidine groups is 1. The van der Waals surface area contributed by atoms with Gasteiger partial charge in [-0.2, -0.15) is 5.10 Å². The van der Waals surface area contributed by atoms with Crippen molar-refractivity contribution in [2.24, 2.45) is 23.9 Å². The van der Waals surface area contributed by atoms with Gasteiger partial charge in [-0.3, -0.25) is 19.4 Å². The number of amides is 1. The van der Waals surface area contributed by atoms with Crippen LogP contribution in [0.25, 0.3) is 0 Å². The number of likely N-dealkylation sites (N-methyl/N-ethyl adjacent to an activating group) is 1. The van der Waals surface area contributed by atoms with E-state index in [9.17, 15) is 4.79 Å². The number of carbonyl (C=O) groups is 1. The summed E-state index contributed by atoms with van der Waals surface area (Å²) in [6.07, 6.45) is 5.22. The third-order valence-corrected chi connectivity index (χ3v) is 6.65. The second-order valence-corrected chi connectivity index (χ2v) is 9.86. The van der Waals surface area contributed by atoms with Gasteiger partial charge in [-0.1, -0.05) is 13.8 Å². The van der Waals surface area contributed by atoms with Crippen molar-refractivity contribution in [3.05, 3.63) is 18.0 Å². The van der Waals surface area contributed by atoms with Crippen LogP contribution in [-0.4, -0.2) is 115 Å². The molecule has 0 radical (unpaired) electrons. The van der Waals surface area contributed by atoms with Gasteiger partial charge in [0, 0.05) is 71.7 Å². The molecule has 0 spiro atoms. The quantitative estimate of drug-likeness (QED) is 0.513. The lowest BCUT2D eigenvalue weighted by Crippen LogP contribution is -2.55. The van der Waals surface area contributed by atoms with E-state index in [2.05, 4.69) is 69.1 Å². The number of nitrogens with one attached hydrogen (secondary N) is 1. The second-order valence-electron chi connectivity index (χ2n) is 9.86. The molecule has 9 nitrogen and oxygen atoms in total. The molecule has 2 aliphatic heterocycles. The third kappa shape index (κ3) is 6.45. The van der Waals surface area contributed by atoms with Crippen molar-refractivity contribution in [3.8, 4) is 0 Å². The fraction of sp³-hybridized carbons (Fsp3) is 0.783. The van der Waals surface area contributed by atoms with Gasteiger partial charge in [-0.05, 0) is 32.4 Å². The van der Waals surface area contributed by atoms with Crippen molar-refractivity contribution in [1.29, 1.82) is 0 Å². The van der Waals surface area contributed by atoms with E-state index in [4.69, 9.17) is 0 Å². The van der Waals surface area contributed by atoms with Crippen LogP contribution < -0.4 is 5.32 Å². The Hall–Kier alpha value is -2.13. The topological polar surface area (TPSA) is 72.2 Å². The lowest BCUT2D eigenvalue weighted by Gasteiger charge is -2.39. The average molecular weight is 447 g/mol. The molecule has 2 aliphatic rings. The van der Waals surface area contributed by atoms with Gasteiger partial charge in [0.2, 0.25) is 5.91 Å². The molecule has 1 amide bonds. The van der Waals surface area contributed by atoms with E-state index in [0.29, 0.717) is 18.4 Å². The Kier molecular flexibility index (Phi) is 8.53. The fourth-order valence-electron chi connectivity index (χ4n) is 5.01. The minimum absolute atomic E-state index is 0.216.